The lowest BCUT2D eigenvalue weighted by Gasteiger charge is -2.20. The van der Waals surface area contributed by atoms with Crippen molar-refractivity contribution in [3.05, 3.63) is 0 Å². The molecule has 0 unspecified atom stereocenters. The standard InChI is InChI=1S/C6H11O10P/c7-3-2(1-15-17(12,13)14)16-6(11,4(3)8)5(9)10/h2-4,7-8,11H,1H2,(H,9,10)(H2,12,13,14)/t2-,3-,4-,6-/m1/s1. The lowest BCUT2D eigenvalue weighted by Crippen LogP contribution is -2.49. The van der Waals surface area contributed by atoms with Crippen LogP contribution in [0.2, 0.25) is 0 Å². The molecule has 11 heteroatoms. The molecule has 17 heavy (non-hydrogen) atoms. The Bertz CT molecular complexity index is 351. The van der Waals surface area contributed by atoms with E-state index in [1.54, 1.807) is 0 Å². The number of carboxylic acid groups (broad SMARTS) is 1. The van der Waals surface area contributed by atoms with Gasteiger partial charge in [-0.2, -0.15) is 0 Å². The van der Waals surface area contributed by atoms with E-state index in [0.717, 1.165) is 0 Å². The van der Waals surface area contributed by atoms with Gasteiger partial charge >= 0.3 is 13.8 Å². The zero-order valence-corrected chi connectivity index (χ0v) is 9.10. The van der Waals surface area contributed by atoms with Crippen molar-refractivity contribution in [2.24, 2.45) is 0 Å². The lowest BCUT2D eigenvalue weighted by atomic mass is 10.1. The summed E-state index contributed by atoms with van der Waals surface area (Å²) in [5.41, 5.74) is 0. The molecule has 0 aliphatic carbocycles. The highest BCUT2D eigenvalue weighted by Gasteiger charge is 2.59. The maximum absolute atomic E-state index is 10.6. The molecule has 0 bridgehead atoms. The molecule has 0 aromatic rings. The van der Waals surface area contributed by atoms with Gasteiger partial charge in [-0.15, -0.1) is 0 Å². The third-order valence-corrected chi connectivity index (χ3v) is 2.64. The molecule has 0 aromatic carbocycles. The van der Waals surface area contributed by atoms with Crippen molar-refractivity contribution in [1.82, 2.24) is 0 Å². The fourth-order valence-electron chi connectivity index (χ4n) is 1.29. The van der Waals surface area contributed by atoms with E-state index in [-0.39, 0.29) is 0 Å². The second-order valence-corrected chi connectivity index (χ2v) is 4.62. The summed E-state index contributed by atoms with van der Waals surface area (Å²) in [6.07, 6.45) is -5.60. The number of phosphoric acid groups is 1. The lowest BCUT2D eigenvalue weighted by molar-refractivity contribution is -0.239. The van der Waals surface area contributed by atoms with Gasteiger partial charge in [-0.3, -0.25) is 4.52 Å². The Hall–Kier alpha value is -0.580. The second-order valence-electron chi connectivity index (χ2n) is 3.38. The molecule has 4 atom stereocenters. The molecule has 6 N–H and O–H groups in total. The summed E-state index contributed by atoms with van der Waals surface area (Å²) in [6.45, 7) is -0.891. The van der Waals surface area contributed by atoms with Crippen molar-refractivity contribution in [3.63, 3.8) is 0 Å². The van der Waals surface area contributed by atoms with E-state index in [4.69, 9.17) is 14.9 Å². The fourth-order valence-corrected chi connectivity index (χ4v) is 1.63. The van der Waals surface area contributed by atoms with Crippen LogP contribution in [0.4, 0.5) is 0 Å². The van der Waals surface area contributed by atoms with E-state index in [1.165, 1.54) is 0 Å². The minimum atomic E-state index is -4.83. The van der Waals surface area contributed by atoms with Crippen LogP contribution >= 0.6 is 7.82 Å². The predicted octanol–water partition coefficient (Wildman–Crippen LogP) is -3.01. The molecule has 1 heterocycles. The number of carboxylic acids is 1. The van der Waals surface area contributed by atoms with Gasteiger partial charge in [-0.1, -0.05) is 0 Å². The summed E-state index contributed by atoms with van der Waals surface area (Å²) in [7, 11) is -4.83. The molecular formula is C6H11O10P. The number of phosphoric ester groups is 1. The first-order valence-corrected chi connectivity index (χ1v) is 5.81. The van der Waals surface area contributed by atoms with Crippen LogP contribution in [0, 0.1) is 0 Å². The highest BCUT2D eigenvalue weighted by molar-refractivity contribution is 7.46. The molecule has 1 aliphatic rings. The first-order chi connectivity index (χ1) is 7.58. The van der Waals surface area contributed by atoms with Crippen LogP contribution in [0.25, 0.3) is 0 Å². The molecule has 0 aromatic heterocycles. The number of hydrogen-bond donors (Lipinski definition) is 6. The van der Waals surface area contributed by atoms with Crippen molar-refractivity contribution in [1.29, 1.82) is 0 Å². The number of hydrogen-bond acceptors (Lipinski definition) is 7. The van der Waals surface area contributed by atoms with Crippen molar-refractivity contribution >= 4 is 13.8 Å². The van der Waals surface area contributed by atoms with Gasteiger partial charge in [0, 0.05) is 0 Å². The Balaban J connectivity index is 2.73. The van der Waals surface area contributed by atoms with Crippen LogP contribution in [-0.4, -0.2) is 66.9 Å². The molecule has 1 saturated heterocycles. The van der Waals surface area contributed by atoms with Crippen LogP contribution < -0.4 is 0 Å². The maximum Gasteiger partial charge on any atom is 0.469 e. The molecule has 100 valence electrons. The predicted molar refractivity (Wildman–Crippen MR) is 47.5 cm³/mol. The Labute approximate surface area is 94.3 Å². The number of aliphatic hydroxyl groups excluding tert-OH is 2. The third kappa shape index (κ3) is 3.00. The van der Waals surface area contributed by atoms with Gasteiger partial charge < -0.3 is 34.9 Å². The van der Waals surface area contributed by atoms with Crippen molar-refractivity contribution in [2.45, 2.75) is 24.1 Å². The summed E-state index contributed by atoms with van der Waals surface area (Å²) >= 11 is 0. The maximum atomic E-state index is 10.6. The Kier molecular flexibility index (Phi) is 3.91. The smallest absolute Gasteiger partial charge is 0.469 e. The number of carbonyl (C=O) groups is 1. The molecule has 0 amide bonds. The van der Waals surface area contributed by atoms with E-state index in [0.29, 0.717) is 0 Å². The van der Waals surface area contributed by atoms with E-state index < -0.39 is 44.5 Å². The Morgan fingerprint density at radius 2 is 1.94 bits per heavy atom. The van der Waals surface area contributed by atoms with Crippen molar-refractivity contribution in [3.8, 4) is 0 Å². The fraction of sp³-hybridized carbons (Fsp3) is 0.833. The SMILES string of the molecule is O=C(O)[C@]1(O)O[C@H](COP(=O)(O)O)[C@@H](O)[C@H]1O. The topological polar surface area (TPSA) is 174 Å². The summed E-state index contributed by atoms with van der Waals surface area (Å²) in [5, 5.41) is 36.4. The Morgan fingerprint density at radius 3 is 2.29 bits per heavy atom. The van der Waals surface area contributed by atoms with Gasteiger partial charge in [0.2, 0.25) is 0 Å². The van der Waals surface area contributed by atoms with Crippen LogP contribution in [0.1, 0.15) is 0 Å². The summed E-state index contributed by atoms with van der Waals surface area (Å²) < 4.78 is 18.8. The number of aliphatic hydroxyl groups is 3. The monoisotopic (exact) mass is 274 g/mol. The normalized spacial score (nSPS) is 38.3. The first kappa shape index (κ1) is 14.5. The van der Waals surface area contributed by atoms with Crippen LogP contribution in [0.15, 0.2) is 0 Å². The average molecular weight is 274 g/mol. The molecular weight excluding hydrogens is 263 g/mol. The molecule has 1 fully saturated rings. The van der Waals surface area contributed by atoms with Gasteiger partial charge in [0.15, 0.2) is 0 Å². The molecule has 10 nitrogen and oxygen atoms in total. The van der Waals surface area contributed by atoms with Crippen LogP contribution in [-0.2, 0) is 18.6 Å². The minimum absolute atomic E-state index is 0.891. The third-order valence-electron chi connectivity index (χ3n) is 2.15. The van der Waals surface area contributed by atoms with E-state index in [2.05, 4.69) is 9.26 Å². The van der Waals surface area contributed by atoms with Crippen molar-refractivity contribution < 1.29 is 48.8 Å². The summed E-state index contributed by atoms with van der Waals surface area (Å²) in [4.78, 5) is 27.3. The van der Waals surface area contributed by atoms with Crippen LogP contribution in [0.3, 0.4) is 0 Å². The number of rotatable bonds is 4. The van der Waals surface area contributed by atoms with Gasteiger partial charge in [0.1, 0.15) is 18.3 Å². The highest BCUT2D eigenvalue weighted by Crippen LogP contribution is 2.38. The number of ether oxygens (including phenoxy) is 1. The minimum Gasteiger partial charge on any atom is -0.477 e. The van der Waals surface area contributed by atoms with E-state index in [1.807, 2.05) is 0 Å². The summed E-state index contributed by atoms with van der Waals surface area (Å²) in [5.74, 6) is -4.98. The average Bonchev–Trinajstić information content (AvgIpc) is 2.40. The molecule has 1 aliphatic heterocycles. The zero-order chi connectivity index (χ0) is 13.4. The van der Waals surface area contributed by atoms with Crippen LogP contribution in [0.5, 0.6) is 0 Å². The molecule has 0 spiro atoms. The number of aliphatic carboxylic acids is 1. The summed E-state index contributed by atoms with van der Waals surface area (Å²) in [6, 6.07) is 0. The zero-order valence-electron chi connectivity index (χ0n) is 8.20. The molecule has 1 rings (SSSR count). The van der Waals surface area contributed by atoms with E-state index >= 15 is 0 Å². The van der Waals surface area contributed by atoms with Crippen molar-refractivity contribution in [2.75, 3.05) is 6.61 Å². The molecule has 0 radical (unpaired) electrons. The largest absolute Gasteiger partial charge is 0.477 e. The molecule has 0 saturated carbocycles. The van der Waals surface area contributed by atoms with Gasteiger partial charge in [-0.05, 0) is 0 Å². The first-order valence-electron chi connectivity index (χ1n) is 4.27. The Morgan fingerprint density at radius 1 is 1.41 bits per heavy atom. The highest BCUT2D eigenvalue weighted by atomic mass is 31.2. The second kappa shape index (κ2) is 4.59. The van der Waals surface area contributed by atoms with Gasteiger partial charge in [-0.25, -0.2) is 9.36 Å². The van der Waals surface area contributed by atoms with Gasteiger partial charge in [0.05, 0.1) is 6.61 Å². The van der Waals surface area contributed by atoms with Gasteiger partial charge in [0.25, 0.3) is 5.79 Å². The van der Waals surface area contributed by atoms with E-state index in [9.17, 15) is 24.7 Å². The quantitative estimate of drug-likeness (QED) is 0.289.